The number of carbonyl (C=O) groups is 4. The molecule has 1 amide bonds. The van der Waals surface area contributed by atoms with Gasteiger partial charge in [0.25, 0.3) is 5.91 Å². The molecular formula is C23H27N5O8. The molecule has 4 rings (SSSR count). The third kappa shape index (κ3) is 4.37. The van der Waals surface area contributed by atoms with Crippen molar-refractivity contribution in [3.05, 3.63) is 24.2 Å². The van der Waals surface area contributed by atoms with Gasteiger partial charge in [-0.15, -0.1) is 0 Å². The maximum atomic E-state index is 12.8. The van der Waals surface area contributed by atoms with Gasteiger partial charge >= 0.3 is 17.9 Å². The molecule has 2 aromatic heterocycles. The lowest BCUT2D eigenvalue weighted by atomic mass is 9.95. The van der Waals surface area contributed by atoms with Gasteiger partial charge in [-0.1, -0.05) is 13.8 Å². The van der Waals surface area contributed by atoms with E-state index >= 15 is 0 Å². The summed E-state index contributed by atoms with van der Waals surface area (Å²) in [5.41, 5.74) is 5.54. The molecule has 0 aliphatic carbocycles. The summed E-state index contributed by atoms with van der Waals surface area (Å²) in [5.74, 6) is -2.47. The Kier molecular flexibility index (Phi) is 6.43. The lowest BCUT2D eigenvalue weighted by Gasteiger charge is -2.35. The summed E-state index contributed by atoms with van der Waals surface area (Å²) in [6, 6.07) is 0. The van der Waals surface area contributed by atoms with Gasteiger partial charge in [-0.25, -0.2) is 9.97 Å². The number of amides is 1. The van der Waals surface area contributed by atoms with Gasteiger partial charge in [-0.05, 0) is 6.92 Å². The quantitative estimate of drug-likeness (QED) is 0.427. The molecule has 0 spiro atoms. The maximum Gasteiger partial charge on any atom is 0.309 e. The van der Waals surface area contributed by atoms with E-state index < -0.39 is 53.8 Å². The number of esters is 3. The molecule has 2 aromatic rings. The molecule has 1 fully saturated rings. The number of carbonyl (C=O) groups excluding carboxylic acids is 4. The lowest BCUT2D eigenvalue weighted by molar-refractivity contribution is -0.189. The zero-order valence-electron chi connectivity index (χ0n) is 20.4. The molecule has 0 radical (unpaired) electrons. The van der Waals surface area contributed by atoms with Crippen molar-refractivity contribution >= 4 is 46.4 Å². The van der Waals surface area contributed by atoms with Crippen LogP contribution in [0.3, 0.4) is 0 Å². The predicted octanol–water partition coefficient (Wildman–Crippen LogP) is 1.03. The van der Waals surface area contributed by atoms with E-state index in [0.717, 1.165) is 0 Å². The summed E-state index contributed by atoms with van der Waals surface area (Å²) in [7, 11) is 0. The van der Waals surface area contributed by atoms with Crippen molar-refractivity contribution in [1.29, 1.82) is 0 Å². The zero-order chi connectivity index (χ0) is 26.4. The number of nitrogens with zero attached hydrogens (tertiary/aromatic N) is 3. The van der Waals surface area contributed by atoms with Crippen LogP contribution in [0.15, 0.2) is 18.6 Å². The number of aromatic nitrogens is 3. The third-order valence-electron chi connectivity index (χ3n) is 5.93. The van der Waals surface area contributed by atoms with E-state index in [1.54, 1.807) is 31.5 Å². The number of nitrogens with one attached hydrogen (secondary N) is 1. The fourth-order valence-electron chi connectivity index (χ4n) is 4.31. The van der Waals surface area contributed by atoms with E-state index in [1.807, 2.05) is 0 Å². The van der Waals surface area contributed by atoms with Crippen molar-refractivity contribution in [1.82, 2.24) is 14.5 Å². The van der Waals surface area contributed by atoms with E-state index in [1.165, 1.54) is 26.3 Å². The Morgan fingerprint density at radius 3 is 2.61 bits per heavy atom. The first kappa shape index (κ1) is 25.1. The van der Waals surface area contributed by atoms with Crippen molar-refractivity contribution < 1.29 is 38.1 Å². The van der Waals surface area contributed by atoms with Crippen molar-refractivity contribution in [3.63, 3.8) is 0 Å². The third-order valence-corrected chi connectivity index (χ3v) is 5.93. The number of nitrogens with two attached hydrogens (primary N) is 1. The van der Waals surface area contributed by atoms with Crippen LogP contribution < -0.4 is 11.1 Å². The average molecular weight is 501 g/mol. The van der Waals surface area contributed by atoms with E-state index in [9.17, 15) is 19.2 Å². The molecule has 4 atom stereocenters. The summed E-state index contributed by atoms with van der Waals surface area (Å²) in [6.07, 6.45) is 0.873. The molecule has 1 saturated heterocycles. The molecule has 192 valence electrons. The van der Waals surface area contributed by atoms with E-state index in [-0.39, 0.29) is 18.1 Å². The summed E-state index contributed by atoms with van der Waals surface area (Å²) in [4.78, 5) is 57.0. The van der Waals surface area contributed by atoms with Gasteiger partial charge in [0.05, 0.1) is 11.3 Å². The monoisotopic (exact) mass is 501 g/mol. The Morgan fingerprint density at radius 1 is 1.25 bits per heavy atom. The smallest absolute Gasteiger partial charge is 0.309 e. The molecule has 13 heteroatoms. The van der Waals surface area contributed by atoms with Gasteiger partial charge in [-0.2, -0.15) is 0 Å². The summed E-state index contributed by atoms with van der Waals surface area (Å²) in [6.45, 7) is 7.08. The molecular weight excluding hydrogens is 474 g/mol. The SMILES string of the molecule is CC(=O)OC[C@H]1O[C@@H](n2cc3c4c(ncnc42)NC(=O)C=C3N)C(C)(OC(=O)C(C)C)[C@@H]1OC(C)=O. The molecule has 2 aliphatic heterocycles. The Labute approximate surface area is 205 Å². The molecule has 0 bridgehead atoms. The van der Waals surface area contributed by atoms with Crippen LogP contribution in [0.4, 0.5) is 5.82 Å². The first-order valence-corrected chi connectivity index (χ1v) is 11.2. The number of anilines is 1. The van der Waals surface area contributed by atoms with Gasteiger partial charge in [-0.3, -0.25) is 19.2 Å². The second-order valence-electron chi connectivity index (χ2n) is 9.08. The highest BCUT2D eigenvalue weighted by atomic mass is 16.7. The van der Waals surface area contributed by atoms with Gasteiger partial charge < -0.3 is 34.6 Å². The minimum absolute atomic E-state index is 0.164. The van der Waals surface area contributed by atoms with Gasteiger partial charge in [0.2, 0.25) is 0 Å². The Bertz CT molecular complexity index is 1280. The summed E-state index contributed by atoms with van der Waals surface area (Å²) in [5, 5.41) is 3.10. The van der Waals surface area contributed by atoms with Crippen LogP contribution in [0.25, 0.3) is 16.7 Å². The van der Waals surface area contributed by atoms with Gasteiger partial charge in [0.1, 0.15) is 30.5 Å². The zero-order valence-corrected chi connectivity index (χ0v) is 20.4. The predicted molar refractivity (Wildman–Crippen MR) is 124 cm³/mol. The fraction of sp³-hybridized carbons (Fsp3) is 0.478. The first-order valence-electron chi connectivity index (χ1n) is 11.2. The van der Waals surface area contributed by atoms with Crippen molar-refractivity contribution in [2.75, 3.05) is 11.9 Å². The molecule has 36 heavy (non-hydrogen) atoms. The number of hydrogen-bond donors (Lipinski definition) is 2. The highest BCUT2D eigenvalue weighted by Crippen LogP contribution is 2.46. The van der Waals surface area contributed by atoms with Crippen LogP contribution in [0.1, 0.15) is 46.4 Å². The highest BCUT2D eigenvalue weighted by molar-refractivity contribution is 6.13. The van der Waals surface area contributed by atoms with Crippen LogP contribution in [-0.2, 0) is 38.1 Å². The van der Waals surface area contributed by atoms with E-state index in [0.29, 0.717) is 16.6 Å². The van der Waals surface area contributed by atoms with Crippen LogP contribution in [-0.4, -0.2) is 62.8 Å². The van der Waals surface area contributed by atoms with Crippen LogP contribution >= 0.6 is 0 Å². The van der Waals surface area contributed by atoms with Crippen molar-refractivity contribution in [2.24, 2.45) is 11.7 Å². The Hall–Kier alpha value is -4.00. The van der Waals surface area contributed by atoms with Crippen LogP contribution in [0, 0.1) is 5.92 Å². The highest BCUT2D eigenvalue weighted by Gasteiger charge is 2.60. The second-order valence-corrected chi connectivity index (χ2v) is 9.08. The molecule has 2 aliphatic rings. The van der Waals surface area contributed by atoms with Gasteiger partial charge in [0.15, 0.2) is 17.9 Å². The summed E-state index contributed by atoms with van der Waals surface area (Å²) >= 11 is 0. The minimum atomic E-state index is -1.57. The fourth-order valence-corrected chi connectivity index (χ4v) is 4.31. The number of rotatable bonds is 6. The molecule has 3 N–H and O–H groups in total. The largest absolute Gasteiger partial charge is 0.463 e. The summed E-state index contributed by atoms with van der Waals surface area (Å²) < 4.78 is 24.5. The van der Waals surface area contributed by atoms with E-state index in [2.05, 4.69) is 15.3 Å². The van der Waals surface area contributed by atoms with Crippen molar-refractivity contribution in [2.45, 2.75) is 58.7 Å². The minimum Gasteiger partial charge on any atom is -0.463 e. The molecule has 0 saturated carbocycles. The topological polar surface area (TPSA) is 174 Å². The average Bonchev–Trinajstić information content (AvgIpc) is 3.24. The van der Waals surface area contributed by atoms with Crippen LogP contribution in [0.2, 0.25) is 0 Å². The van der Waals surface area contributed by atoms with Crippen molar-refractivity contribution in [3.8, 4) is 0 Å². The standard InChI is InChI=1S/C23H27N5O8/c1-10(2)21(32)36-23(5)18(34-12(4)30)15(8-33-11(3)29)35-22(23)28-7-13-14(24)6-16(31)27-19-17(13)20(28)26-9-25-19/h6-7,9-10,15,18,22H,8,24H2,1-5H3,(H,25,26,27,31)/t15-,18-,22-,23?/m1/s1. The maximum absolute atomic E-state index is 12.8. The molecule has 1 unspecified atom stereocenters. The molecule has 0 aromatic carbocycles. The second kappa shape index (κ2) is 9.22. The van der Waals surface area contributed by atoms with Crippen LogP contribution in [0.5, 0.6) is 0 Å². The molecule has 13 nitrogen and oxygen atoms in total. The van der Waals surface area contributed by atoms with E-state index in [4.69, 9.17) is 24.7 Å². The number of ether oxygens (including phenoxy) is 4. The number of hydrogen-bond acceptors (Lipinski definition) is 11. The Balaban J connectivity index is 1.89. The molecule has 4 heterocycles. The van der Waals surface area contributed by atoms with Gasteiger partial charge in [0, 0.05) is 37.4 Å². The first-order chi connectivity index (χ1) is 16.9. The normalized spacial score (nSPS) is 25.2. The Morgan fingerprint density at radius 2 is 1.97 bits per heavy atom. The lowest BCUT2D eigenvalue weighted by Crippen LogP contribution is -2.50.